The average Bonchev–Trinajstić information content (AvgIpc) is 2.88. The highest BCUT2D eigenvalue weighted by molar-refractivity contribution is 7.11. The van der Waals surface area contributed by atoms with Gasteiger partial charge < -0.3 is 11.1 Å². The number of amides is 1. The van der Waals surface area contributed by atoms with E-state index in [0.717, 1.165) is 15.6 Å². The van der Waals surface area contributed by atoms with Gasteiger partial charge in [-0.05, 0) is 17.7 Å². The van der Waals surface area contributed by atoms with E-state index >= 15 is 0 Å². The molecule has 0 saturated heterocycles. The van der Waals surface area contributed by atoms with Gasteiger partial charge in [0.15, 0.2) is 0 Å². The SMILES string of the molecule is CC(C)(C)c1nnc(CNC(=O)Cc2ccc(N)cc2)s1. The maximum atomic E-state index is 11.9. The van der Waals surface area contributed by atoms with Gasteiger partial charge in [0.25, 0.3) is 0 Å². The number of rotatable bonds is 4. The second-order valence-electron chi connectivity index (χ2n) is 5.95. The highest BCUT2D eigenvalue weighted by atomic mass is 32.1. The van der Waals surface area contributed by atoms with Gasteiger partial charge in [-0.1, -0.05) is 44.2 Å². The maximum Gasteiger partial charge on any atom is 0.224 e. The number of nitrogen functional groups attached to an aromatic ring is 1. The molecule has 2 aromatic rings. The number of carbonyl (C=O) groups excluding carboxylic acids is 1. The minimum absolute atomic E-state index is 0.0100. The molecule has 1 aromatic heterocycles. The Kier molecular flexibility index (Phi) is 4.57. The fourth-order valence-corrected chi connectivity index (χ4v) is 2.52. The van der Waals surface area contributed by atoms with E-state index < -0.39 is 0 Å². The van der Waals surface area contributed by atoms with Crippen molar-refractivity contribution >= 4 is 22.9 Å². The van der Waals surface area contributed by atoms with Gasteiger partial charge in [0.05, 0.1) is 13.0 Å². The Labute approximate surface area is 128 Å². The standard InChI is InChI=1S/C15H20N4OS/c1-15(2,3)14-19-18-13(21-14)9-17-12(20)8-10-4-6-11(16)7-5-10/h4-7H,8-9,16H2,1-3H3,(H,17,20). The van der Waals surface area contributed by atoms with Crippen molar-refractivity contribution in [2.24, 2.45) is 0 Å². The predicted octanol–water partition coefficient (Wildman–Crippen LogP) is 2.28. The minimum Gasteiger partial charge on any atom is -0.399 e. The van der Waals surface area contributed by atoms with Crippen molar-refractivity contribution in [1.82, 2.24) is 15.5 Å². The monoisotopic (exact) mass is 304 g/mol. The van der Waals surface area contributed by atoms with Crippen molar-refractivity contribution in [1.29, 1.82) is 0 Å². The smallest absolute Gasteiger partial charge is 0.224 e. The Morgan fingerprint density at radius 3 is 2.48 bits per heavy atom. The van der Waals surface area contributed by atoms with Crippen molar-refractivity contribution in [2.75, 3.05) is 5.73 Å². The van der Waals surface area contributed by atoms with E-state index in [-0.39, 0.29) is 11.3 Å². The Morgan fingerprint density at radius 2 is 1.90 bits per heavy atom. The van der Waals surface area contributed by atoms with E-state index in [9.17, 15) is 4.79 Å². The number of aromatic nitrogens is 2. The summed E-state index contributed by atoms with van der Waals surface area (Å²) in [7, 11) is 0. The molecule has 0 aliphatic rings. The van der Waals surface area contributed by atoms with Crippen LogP contribution in [0.25, 0.3) is 0 Å². The zero-order chi connectivity index (χ0) is 15.5. The van der Waals surface area contributed by atoms with Gasteiger partial charge in [0, 0.05) is 11.1 Å². The molecule has 0 radical (unpaired) electrons. The minimum atomic E-state index is -0.0349. The lowest BCUT2D eigenvalue weighted by Gasteiger charge is -2.12. The summed E-state index contributed by atoms with van der Waals surface area (Å²) < 4.78 is 0. The summed E-state index contributed by atoms with van der Waals surface area (Å²) >= 11 is 1.54. The molecule has 1 amide bonds. The summed E-state index contributed by atoms with van der Waals surface area (Å²) in [6, 6.07) is 7.31. The van der Waals surface area contributed by atoms with Gasteiger partial charge in [-0.15, -0.1) is 10.2 Å². The van der Waals surface area contributed by atoms with Crippen LogP contribution in [0.1, 0.15) is 36.3 Å². The molecule has 0 spiro atoms. The van der Waals surface area contributed by atoms with Crippen molar-refractivity contribution < 1.29 is 4.79 Å². The molecule has 0 aliphatic heterocycles. The lowest BCUT2D eigenvalue weighted by atomic mass is 9.98. The molecule has 0 bridgehead atoms. The lowest BCUT2D eigenvalue weighted by molar-refractivity contribution is -0.120. The van der Waals surface area contributed by atoms with Crippen molar-refractivity contribution in [3.8, 4) is 0 Å². The molecule has 0 saturated carbocycles. The van der Waals surface area contributed by atoms with Crippen LogP contribution in [-0.2, 0) is 23.2 Å². The fraction of sp³-hybridized carbons (Fsp3) is 0.400. The molecule has 6 heteroatoms. The Morgan fingerprint density at radius 1 is 1.24 bits per heavy atom. The third-order valence-corrected chi connectivity index (χ3v) is 4.24. The normalized spacial score (nSPS) is 11.4. The number of nitrogens with two attached hydrogens (primary N) is 1. The first-order chi connectivity index (χ1) is 9.84. The van der Waals surface area contributed by atoms with E-state index in [1.54, 1.807) is 12.1 Å². The molecule has 21 heavy (non-hydrogen) atoms. The van der Waals surface area contributed by atoms with E-state index in [4.69, 9.17) is 5.73 Å². The topological polar surface area (TPSA) is 80.9 Å². The predicted molar refractivity (Wildman–Crippen MR) is 85.0 cm³/mol. The van der Waals surface area contributed by atoms with Crippen LogP contribution in [-0.4, -0.2) is 16.1 Å². The van der Waals surface area contributed by atoms with Gasteiger partial charge >= 0.3 is 0 Å². The summed E-state index contributed by atoms with van der Waals surface area (Å²) in [5, 5.41) is 12.9. The largest absolute Gasteiger partial charge is 0.399 e. The van der Waals surface area contributed by atoms with Crippen LogP contribution in [0, 0.1) is 0 Å². The van der Waals surface area contributed by atoms with E-state index in [2.05, 4.69) is 36.3 Å². The van der Waals surface area contributed by atoms with Crippen LogP contribution in [0.2, 0.25) is 0 Å². The van der Waals surface area contributed by atoms with Crippen LogP contribution in [0.15, 0.2) is 24.3 Å². The molecule has 1 heterocycles. The summed E-state index contributed by atoms with van der Waals surface area (Å²) in [4.78, 5) is 11.9. The lowest BCUT2D eigenvalue weighted by Crippen LogP contribution is -2.24. The third-order valence-electron chi connectivity index (χ3n) is 2.89. The molecule has 1 aromatic carbocycles. The van der Waals surface area contributed by atoms with Crippen LogP contribution in [0.5, 0.6) is 0 Å². The first-order valence-electron chi connectivity index (χ1n) is 6.78. The molecule has 3 N–H and O–H groups in total. The number of carbonyl (C=O) groups is 1. The number of anilines is 1. The fourth-order valence-electron chi connectivity index (χ4n) is 1.69. The Bertz CT molecular complexity index is 613. The van der Waals surface area contributed by atoms with E-state index in [0.29, 0.717) is 18.7 Å². The van der Waals surface area contributed by atoms with Gasteiger partial charge in [0.1, 0.15) is 10.0 Å². The van der Waals surface area contributed by atoms with Crippen molar-refractivity contribution in [2.45, 2.75) is 39.2 Å². The van der Waals surface area contributed by atoms with Crippen LogP contribution in [0.3, 0.4) is 0 Å². The van der Waals surface area contributed by atoms with Crippen molar-refractivity contribution in [3.05, 3.63) is 39.8 Å². The number of hydrogen-bond donors (Lipinski definition) is 2. The molecule has 5 nitrogen and oxygen atoms in total. The first kappa shape index (κ1) is 15.4. The summed E-state index contributed by atoms with van der Waals surface area (Å²) in [6.07, 6.45) is 0.339. The number of hydrogen-bond acceptors (Lipinski definition) is 5. The summed E-state index contributed by atoms with van der Waals surface area (Å²) in [6.45, 7) is 6.70. The van der Waals surface area contributed by atoms with E-state index in [1.165, 1.54) is 11.3 Å². The number of nitrogens with one attached hydrogen (secondary N) is 1. The van der Waals surface area contributed by atoms with Crippen LogP contribution < -0.4 is 11.1 Å². The quantitative estimate of drug-likeness (QED) is 0.849. The molecule has 0 fully saturated rings. The molecule has 112 valence electrons. The Hall–Kier alpha value is -1.95. The number of nitrogens with zero attached hydrogens (tertiary/aromatic N) is 2. The Balaban J connectivity index is 1.86. The van der Waals surface area contributed by atoms with Crippen LogP contribution >= 0.6 is 11.3 Å². The average molecular weight is 304 g/mol. The second kappa shape index (κ2) is 6.22. The maximum absolute atomic E-state index is 11.9. The molecular formula is C15H20N4OS. The second-order valence-corrected chi connectivity index (χ2v) is 7.01. The molecule has 0 atom stereocenters. The van der Waals surface area contributed by atoms with Gasteiger partial charge in [-0.25, -0.2) is 0 Å². The molecule has 0 unspecified atom stereocenters. The first-order valence-corrected chi connectivity index (χ1v) is 7.60. The van der Waals surface area contributed by atoms with Crippen LogP contribution in [0.4, 0.5) is 5.69 Å². The molecular weight excluding hydrogens is 284 g/mol. The zero-order valence-electron chi connectivity index (χ0n) is 12.5. The third kappa shape index (κ3) is 4.53. The highest BCUT2D eigenvalue weighted by Gasteiger charge is 2.19. The zero-order valence-corrected chi connectivity index (χ0v) is 13.3. The van der Waals surface area contributed by atoms with Gasteiger partial charge in [-0.3, -0.25) is 4.79 Å². The molecule has 2 rings (SSSR count). The summed E-state index contributed by atoms with van der Waals surface area (Å²) in [5.74, 6) is -0.0349. The highest BCUT2D eigenvalue weighted by Crippen LogP contribution is 2.25. The molecule has 0 aliphatic carbocycles. The number of benzene rings is 1. The van der Waals surface area contributed by atoms with Gasteiger partial charge in [-0.2, -0.15) is 0 Å². The van der Waals surface area contributed by atoms with Gasteiger partial charge in [0.2, 0.25) is 5.91 Å². The summed E-state index contributed by atoms with van der Waals surface area (Å²) in [5.41, 5.74) is 7.24. The van der Waals surface area contributed by atoms with Crippen molar-refractivity contribution in [3.63, 3.8) is 0 Å². The van der Waals surface area contributed by atoms with E-state index in [1.807, 2.05) is 12.1 Å².